The van der Waals surface area contributed by atoms with E-state index in [4.69, 9.17) is 9.15 Å². The van der Waals surface area contributed by atoms with Crippen molar-refractivity contribution in [2.45, 2.75) is 31.9 Å². The number of oxazole rings is 1. The van der Waals surface area contributed by atoms with Crippen LogP contribution in [-0.2, 0) is 16.0 Å². The van der Waals surface area contributed by atoms with E-state index in [2.05, 4.69) is 10.3 Å². The zero-order valence-corrected chi connectivity index (χ0v) is 15.1. The number of benzene rings is 2. The van der Waals surface area contributed by atoms with E-state index in [1.54, 1.807) is 0 Å². The van der Waals surface area contributed by atoms with Gasteiger partial charge in [0.05, 0.1) is 6.42 Å². The summed E-state index contributed by atoms with van der Waals surface area (Å²) < 4.78 is 11.5. The van der Waals surface area contributed by atoms with Gasteiger partial charge in [-0.25, -0.2) is 4.98 Å². The van der Waals surface area contributed by atoms with Crippen molar-refractivity contribution in [2.75, 3.05) is 6.54 Å². The number of carbonyl (C=O) groups is 1. The number of aryl methyl sites for hydroxylation is 1. The van der Waals surface area contributed by atoms with Crippen LogP contribution in [0.15, 0.2) is 65.1 Å². The quantitative estimate of drug-likeness (QED) is 0.666. The van der Waals surface area contributed by atoms with Crippen molar-refractivity contribution in [2.24, 2.45) is 0 Å². The molecule has 1 N–H and O–H groups in total. The number of nitrogens with one attached hydrogen (secondary N) is 1. The number of aromatic nitrogens is 1. The van der Waals surface area contributed by atoms with Crippen molar-refractivity contribution in [1.82, 2.24) is 10.3 Å². The Bertz CT molecular complexity index is 827. The predicted octanol–water partition coefficient (Wildman–Crippen LogP) is 4.19. The van der Waals surface area contributed by atoms with Crippen LogP contribution in [0, 0.1) is 0 Å². The van der Waals surface area contributed by atoms with Gasteiger partial charge in [0.1, 0.15) is 5.69 Å². The summed E-state index contributed by atoms with van der Waals surface area (Å²) in [5.74, 6) is 1.04. The summed E-state index contributed by atoms with van der Waals surface area (Å²) in [6.07, 6.45) is 2.43. The first-order valence-corrected chi connectivity index (χ1v) is 9.33. The molecule has 1 unspecified atom stereocenters. The molecule has 138 valence electrons. The summed E-state index contributed by atoms with van der Waals surface area (Å²) in [7, 11) is 0. The molecule has 1 saturated heterocycles. The van der Waals surface area contributed by atoms with Crippen LogP contribution in [0.4, 0.5) is 0 Å². The van der Waals surface area contributed by atoms with Gasteiger partial charge in [-0.3, -0.25) is 10.1 Å². The Kier molecular flexibility index (Phi) is 5.30. The molecule has 2 aromatic carbocycles. The van der Waals surface area contributed by atoms with E-state index < -0.39 is 0 Å². The lowest BCUT2D eigenvalue weighted by Gasteiger charge is -2.10. The van der Waals surface area contributed by atoms with Gasteiger partial charge in [-0.15, -0.1) is 0 Å². The van der Waals surface area contributed by atoms with Crippen LogP contribution in [0.5, 0.6) is 0 Å². The fourth-order valence-electron chi connectivity index (χ4n) is 3.23. The van der Waals surface area contributed by atoms with E-state index >= 15 is 0 Å². The van der Waals surface area contributed by atoms with E-state index in [0.29, 0.717) is 12.3 Å². The zero-order chi connectivity index (χ0) is 18.5. The maximum atomic E-state index is 12.1. The minimum absolute atomic E-state index is 0.151. The molecule has 1 fully saturated rings. The Morgan fingerprint density at radius 1 is 1.07 bits per heavy atom. The van der Waals surface area contributed by atoms with E-state index in [1.165, 1.54) is 0 Å². The van der Waals surface area contributed by atoms with E-state index in [1.807, 2.05) is 60.7 Å². The Morgan fingerprint density at radius 3 is 2.44 bits per heavy atom. The Morgan fingerprint density at radius 2 is 1.78 bits per heavy atom. The average molecular weight is 362 g/mol. The molecule has 0 aliphatic carbocycles. The summed E-state index contributed by atoms with van der Waals surface area (Å²) in [6, 6.07) is 19.8. The first-order valence-electron chi connectivity index (χ1n) is 9.33. The molecular weight excluding hydrogens is 340 g/mol. The van der Waals surface area contributed by atoms with Gasteiger partial charge in [0.15, 0.2) is 17.9 Å². The molecular formula is C22H22N2O3. The van der Waals surface area contributed by atoms with Crippen molar-refractivity contribution in [3.05, 3.63) is 66.6 Å². The monoisotopic (exact) mass is 362 g/mol. The van der Waals surface area contributed by atoms with Crippen LogP contribution < -0.4 is 5.32 Å². The summed E-state index contributed by atoms with van der Waals surface area (Å²) in [4.78, 5) is 16.7. The number of hydrogen-bond acceptors (Lipinski definition) is 5. The molecule has 0 spiro atoms. The third kappa shape index (κ3) is 4.26. The highest BCUT2D eigenvalue weighted by atomic mass is 16.6. The van der Waals surface area contributed by atoms with Gasteiger partial charge in [0.25, 0.3) is 0 Å². The number of esters is 1. The van der Waals surface area contributed by atoms with Crippen molar-refractivity contribution < 1.29 is 13.9 Å². The topological polar surface area (TPSA) is 64.4 Å². The highest BCUT2D eigenvalue weighted by molar-refractivity contribution is 5.77. The number of nitrogens with zero attached hydrogens (tertiary/aromatic N) is 1. The van der Waals surface area contributed by atoms with Crippen LogP contribution in [0.25, 0.3) is 22.6 Å². The highest BCUT2D eigenvalue weighted by Crippen LogP contribution is 2.32. The van der Waals surface area contributed by atoms with Crippen LogP contribution >= 0.6 is 0 Å². The largest absolute Gasteiger partial charge is 0.447 e. The molecule has 3 aromatic rings. The molecule has 0 saturated carbocycles. The maximum absolute atomic E-state index is 12.1. The van der Waals surface area contributed by atoms with Gasteiger partial charge >= 0.3 is 5.97 Å². The van der Waals surface area contributed by atoms with Gasteiger partial charge < -0.3 is 9.15 Å². The second-order valence-electron chi connectivity index (χ2n) is 6.59. The fourth-order valence-corrected chi connectivity index (χ4v) is 3.23. The average Bonchev–Trinajstić information content (AvgIpc) is 3.38. The molecule has 1 aliphatic heterocycles. The highest BCUT2D eigenvalue weighted by Gasteiger charge is 2.20. The second kappa shape index (κ2) is 8.18. The third-order valence-corrected chi connectivity index (χ3v) is 4.59. The Balaban J connectivity index is 1.53. The van der Waals surface area contributed by atoms with Gasteiger partial charge in [0, 0.05) is 17.5 Å². The molecule has 1 aromatic heterocycles. The minimum atomic E-state index is -0.227. The summed E-state index contributed by atoms with van der Waals surface area (Å²) >= 11 is 0. The van der Waals surface area contributed by atoms with E-state index in [0.717, 1.165) is 42.0 Å². The lowest BCUT2D eigenvalue weighted by atomic mass is 10.1. The molecule has 2 heterocycles. The van der Waals surface area contributed by atoms with Crippen LogP contribution in [0.3, 0.4) is 0 Å². The van der Waals surface area contributed by atoms with Crippen LogP contribution in [-0.4, -0.2) is 23.7 Å². The van der Waals surface area contributed by atoms with E-state index in [-0.39, 0.29) is 18.6 Å². The smallest absolute Gasteiger partial charge is 0.307 e. The third-order valence-electron chi connectivity index (χ3n) is 4.59. The lowest BCUT2D eigenvalue weighted by molar-refractivity contribution is -0.149. The normalized spacial score (nSPS) is 16.4. The summed E-state index contributed by atoms with van der Waals surface area (Å²) in [5, 5.41) is 3.16. The molecule has 27 heavy (non-hydrogen) atoms. The lowest BCUT2D eigenvalue weighted by Crippen LogP contribution is -2.27. The molecule has 5 nitrogen and oxygen atoms in total. The maximum Gasteiger partial charge on any atom is 0.307 e. The van der Waals surface area contributed by atoms with Crippen LogP contribution in [0.2, 0.25) is 0 Å². The zero-order valence-electron chi connectivity index (χ0n) is 15.1. The van der Waals surface area contributed by atoms with Crippen LogP contribution in [0.1, 0.15) is 25.2 Å². The molecule has 0 bridgehead atoms. The predicted molar refractivity (Wildman–Crippen MR) is 103 cm³/mol. The first-order chi connectivity index (χ1) is 13.3. The molecule has 0 radical (unpaired) electrons. The number of ether oxygens (including phenoxy) is 1. The Hall–Kier alpha value is -2.92. The van der Waals surface area contributed by atoms with Crippen molar-refractivity contribution >= 4 is 5.97 Å². The van der Waals surface area contributed by atoms with Gasteiger partial charge in [-0.05, 0) is 19.4 Å². The molecule has 1 atom stereocenters. The van der Waals surface area contributed by atoms with Crippen molar-refractivity contribution in [3.63, 3.8) is 0 Å². The molecule has 1 aliphatic rings. The van der Waals surface area contributed by atoms with Crippen molar-refractivity contribution in [1.29, 1.82) is 0 Å². The molecule has 4 rings (SSSR count). The number of rotatable bonds is 6. The fraction of sp³-hybridized carbons (Fsp3) is 0.273. The van der Waals surface area contributed by atoms with Crippen molar-refractivity contribution in [3.8, 4) is 22.6 Å². The molecule has 0 amide bonds. The van der Waals surface area contributed by atoms with Gasteiger partial charge in [-0.2, -0.15) is 0 Å². The minimum Gasteiger partial charge on any atom is -0.447 e. The summed E-state index contributed by atoms with van der Waals surface area (Å²) in [6.45, 7) is 0.901. The second-order valence-corrected chi connectivity index (χ2v) is 6.59. The van der Waals surface area contributed by atoms with Gasteiger partial charge in [0.2, 0.25) is 0 Å². The standard InChI is InChI=1S/C22H22N2O3/c25-20(26-18-12-7-15-23-18)14-13-19-24-21(16-8-3-1-4-9-16)22(27-19)17-10-5-2-6-11-17/h1-6,8-11,18,23H,7,12-15H2. The summed E-state index contributed by atoms with van der Waals surface area (Å²) in [5.41, 5.74) is 2.75. The number of carbonyl (C=O) groups excluding carboxylic acids is 1. The van der Waals surface area contributed by atoms with E-state index in [9.17, 15) is 4.79 Å². The SMILES string of the molecule is O=C(CCc1nc(-c2ccccc2)c(-c2ccccc2)o1)OC1CCCN1. The number of hydrogen-bond donors (Lipinski definition) is 1. The molecule has 5 heteroatoms. The Labute approximate surface area is 158 Å². The first kappa shape index (κ1) is 17.5. The van der Waals surface area contributed by atoms with Gasteiger partial charge in [-0.1, -0.05) is 60.7 Å².